The molecule has 0 fully saturated rings. The molecule has 0 aromatic heterocycles. The smallest absolute Gasteiger partial charge is 0.0378 e. The molecular formula is C12H21N. The monoisotopic (exact) mass is 179 g/mol. The highest BCUT2D eigenvalue weighted by atomic mass is 14.5. The van der Waals surface area contributed by atoms with E-state index in [1.165, 1.54) is 18.4 Å². The molecule has 1 aliphatic rings. The minimum atomic E-state index is 0.502. The topological polar surface area (TPSA) is 23.9 Å². The summed E-state index contributed by atoms with van der Waals surface area (Å²) < 4.78 is 0. The quantitative estimate of drug-likeness (QED) is 0.669. The summed E-state index contributed by atoms with van der Waals surface area (Å²) >= 11 is 0. The second kappa shape index (κ2) is 4.08. The van der Waals surface area contributed by atoms with Crippen molar-refractivity contribution in [3.8, 4) is 0 Å². The van der Waals surface area contributed by atoms with Crippen LogP contribution in [0.25, 0.3) is 0 Å². The lowest BCUT2D eigenvalue weighted by Crippen LogP contribution is -2.26. The summed E-state index contributed by atoms with van der Waals surface area (Å²) in [5.74, 6) is 1.64. The zero-order chi connectivity index (χ0) is 10.0. The van der Waals surface area contributed by atoms with Crippen LogP contribution in [0.4, 0.5) is 0 Å². The number of allylic oxidation sites excluding steroid dienone is 2. The number of nitrogens with one attached hydrogen (secondary N) is 1. The number of hydrogen-bond donors (Lipinski definition) is 1. The normalized spacial score (nSPS) is 24.0. The summed E-state index contributed by atoms with van der Waals surface area (Å²) in [6.07, 6.45) is 4.59. The maximum Gasteiger partial charge on any atom is 0.0378 e. The third kappa shape index (κ3) is 2.20. The van der Waals surface area contributed by atoms with E-state index in [0.717, 1.165) is 5.71 Å². The maximum absolute atomic E-state index is 8.10. The molecule has 0 radical (unpaired) electrons. The van der Waals surface area contributed by atoms with Crippen LogP contribution in [-0.4, -0.2) is 5.71 Å². The van der Waals surface area contributed by atoms with Crippen molar-refractivity contribution in [2.45, 2.75) is 40.5 Å². The molecule has 0 aromatic carbocycles. The van der Waals surface area contributed by atoms with Crippen LogP contribution in [-0.2, 0) is 0 Å². The van der Waals surface area contributed by atoms with Crippen molar-refractivity contribution in [2.75, 3.05) is 0 Å². The lowest BCUT2D eigenvalue weighted by molar-refractivity contribution is 0.453. The molecule has 1 heteroatoms. The van der Waals surface area contributed by atoms with E-state index in [-0.39, 0.29) is 0 Å². The molecule has 0 heterocycles. The van der Waals surface area contributed by atoms with Gasteiger partial charge in [-0.2, -0.15) is 0 Å². The Morgan fingerprint density at radius 3 is 2.38 bits per heavy atom. The first-order valence-electron chi connectivity index (χ1n) is 5.33. The minimum absolute atomic E-state index is 0.502. The van der Waals surface area contributed by atoms with E-state index in [9.17, 15) is 0 Å². The van der Waals surface area contributed by atoms with E-state index in [2.05, 4.69) is 33.8 Å². The molecule has 13 heavy (non-hydrogen) atoms. The van der Waals surface area contributed by atoms with E-state index in [4.69, 9.17) is 5.41 Å². The number of hydrogen-bond acceptors (Lipinski definition) is 1. The molecule has 0 amide bonds. The van der Waals surface area contributed by atoms with Gasteiger partial charge in [0.1, 0.15) is 0 Å². The first-order chi connectivity index (χ1) is 6.04. The van der Waals surface area contributed by atoms with Gasteiger partial charge < -0.3 is 5.41 Å². The van der Waals surface area contributed by atoms with Gasteiger partial charge in [0.05, 0.1) is 0 Å². The van der Waals surface area contributed by atoms with Crippen LogP contribution in [0.5, 0.6) is 0 Å². The van der Waals surface area contributed by atoms with Crippen molar-refractivity contribution >= 4 is 5.71 Å². The zero-order valence-corrected chi connectivity index (χ0v) is 9.22. The third-order valence-electron chi connectivity index (χ3n) is 2.95. The Hall–Kier alpha value is -0.590. The highest BCUT2D eigenvalue weighted by Gasteiger charge is 2.25. The first kappa shape index (κ1) is 10.5. The van der Waals surface area contributed by atoms with Crippen LogP contribution < -0.4 is 0 Å². The predicted molar refractivity (Wildman–Crippen MR) is 58.2 cm³/mol. The van der Waals surface area contributed by atoms with Gasteiger partial charge >= 0.3 is 0 Å². The van der Waals surface area contributed by atoms with E-state index in [1.54, 1.807) is 0 Å². The third-order valence-corrected chi connectivity index (χ3v) is 2.95. The average molecular weight is 179 g/mol. The molecule has 0 spiro atoms. The molecule has 1 N–H and O–H groups in total. The van der Waals surface area contributed by atoms with Crippen molar-refractivity contribution in [1.82, 2.24) is 0 Å². The summed E-state index contributed by atoms with van der Waals surface area (Å²) in [6.45, 7) is 8.82. The molecule has 74 valence electrons. The van der Waals surface area contributed by atoms with Crippen LogP contribution in [0.1, 0.15) is 40.5 Å². The SMILES string of the molecule is CC(C)C1=CCCC(C(C)C)C1=N. The molecular weight excluding hydrogens is 158 g/mol. The van der Waals surface area contributed by atoms with Crippen LogP contribution in [0, 0.1) is 23.2 Å². The van der Waals surface area contributed by atoms with Crippen LogP contribution in [0.2, 0.25) is 0 Å². The van der Waals surface area contributed by atoms with Crippen molar-refractivity contribution in [3.63, 3.8) is 0 Å². The lowest BCUT2D eigenvalue weighted by Gasteiger charge is -2.28. The Balaban J connectivity index is 2.80. The fourth-order valence-corrected chi connectivity index (χ4v) is 2.10. The number of rotatable bonds is 2. The zero-order valence-electron chi connectivity index (χ0n) is 9.22. The molecule has 0 aromatic rings. The Morgan fingerprint density at radius 1 is 1.31 bits per heavy atom. The Labute approximate surface area is 81.7 Å². The van der Waals surface area contributed by atoms with Crippen molar-refractivity contribution in [1.29, 1.82) is 5.41 Å². The molecule has 0 saturated heterocycles. The van der Waals surface area contributed by atoms with Crippen molar-refractivity contribution < 1.29 is 0 Å². The van der Waals surface area contributed by atoms with Crippen molar-refractivity contribution in [2.24, 2.45) is 17.8 Å². The molecule has 1 nitrogen and oxygen atoms in total. The lowest BCUT2D eigenvalue weighted by atomic mass is 9.77. The molecule has 0 aliphatic heterocycles. The molecule has 0 bridgehead atoms. The first-order valence-corrected chi connectivity index (χ1v) is 5.33. The molecule has 1 atom stereocenters. The van der Waals surface area contributed by atoms with E-state index in [1.807, 2.05) is 0 Å². The summed E-state index contributed by atoms with van der Waals surface area (Å²) in [7, 11) is 0. The van der Waals surface area contributed by atoms with E-state index in [0.29, 0.717) is 17.8 Å². The van der Waals surface area contributed by atoms with Gasteiger partial charge in [-0.15, -0.1) is 0 Å². The van der Waals surface area contributed by atoms with Gasteiger partial charge in [0.25, 0.3) is 0 Å². The fourth-order valence-electron chi connectivity index (χ4n) is 2.10. The second-order valence-corrected chi connectivity index (χ2v) is 4.66. The fraction of sp³-hybridized carbons (Fsp3) is 0.750. The van der Waals surface area contributed by atoms with Gasteiger partial charge in [-0.25, -0.2) is 0 Å². The average Bonchev–Trinajstić information content (AvgIpc) is 2.03. The van der Waals surface area contributed by atoms with Gasteiger partial charge in [-0.3, -0.25) is 0 Å². The standard InChI is InChI=1S/C12H21N/c1-8(2)10-6-5-7-11(9(3)4)12(10)13/h6,8-9,11,13H,5,7H2,1-4H3. The summed E-state index contributed by atoms with van der Waals surface area (Å²) in [4.78, 5) is 0. The maximum atomic E-state index is 8.10. The Bertz CT molecular complexity index is 223. The van der Waals surface area contributed by atoms with Crippen LogP contribution in [0.15, 0.2) is 11.6 Å². The largest absolute Gasteiger partial charge is 0.305 e. The highest BCUT2D eigenvalue weighted by molar-refractivity contribution is 6.00. The minimum Gasteiger partial charge on any atom is -0.305 e. The second-order valence-electron chi connectivity index (χ2n) is 4.66. The predicted octanol–water partition coefficient (Wildman–Crippen LogP) is 3.65. The Morgan fingerprint density at radius 2 is 1.92 bits per heavy atom. The van der Waals surface area contributed by atoms with Gasteiger partial charge in [-0.05, 0) is 30.3 Å². The van der Waals surface area contributed by atoms with Gasteiger partial charge in [0.15, 0.2) is 0 Å². The molecule has 1 unspecified atom stereocenters. The van der Waals surface area contributed by atoms with E-state index >= 15 is 0 Å². The summed E-state index contributed by atoms with van der Waals surface area (Å²) in [6, 6.07) is 0. The van der Waals surface area contributed by atoms with Gasteiger partial charge in [0.2, 0.25) is 0 Å². The highest BCUT2D eigenvalue weighted by Crippen LogP contribution is 2.30. The summed E-state index contributed by atoms with van der Waals surface area (Å²) in [5.41, 5.74) is 2.18. The van der Waals surface area contributed by atoms with Crippen LogP contribution >= 0.6 is 0 Å². The van der Waals surface area contributed by atoms with E-state index < -0.39 is 0 Å². The van der Waals surface area contributed by atoms with Gasteiger partial charge in [-0.1, -0.05) is 33.8 Å². The van der Waals surface area contributed by atoms with Crippen LogP contribution in [0.3, 0.4) is 0 Å². The summed E-state index contributed by atoms with van der Waals surface area (Å²) in [5, 5.41) is 8.10. The Kier molecular flexibility index (Phi) is 3.29. The molecule has 0 saturated carbocycles. The molecule has 1 rings (SSSR count). The van der Waals surface area contributed by atoms with Gasteiger partial charge in [0, 0.05) is 11.6 Å². The van der Waals surface area contributed by atoms with Crippen molar-refractivity contribution in [3.05, 3.63) is 11.6 Å². The molecule has 1 aliphatic carbocycles.